The lowest BCUT2D eigenvalue weighted by molar-refractivity contribution is -0.0139. The van der Waals surface area contributed by atoms with Gasteiger partial charge in [0, 0.05) is 11.0 Å². The van der Waals surface area contributed by atoms with Crippen LogP contribution in [0.4, 0.5) is 0 Å². The molecule has 1 fully saturated rings. The van der Waals surface area contributed by atoms with Crippen molar-refractivity contribution in [2.24, 2.45) is 0 Å². The van der Waals surface area contributed by atoms with Crippen molar-refractivity contribution < 1.29 is 9.84 Å². The van der Waals surface area contributed by atoms with Gasteiger partial charge in [-0.25, -0.2) is 0 Å². The Morgan fingerprint density at radius 2 is 2.40 bits per heavy atom. The van der Waals surface area contributed by atoms with Gasteiger partial charge in [-0.2, -0.15) is 0 Å². The number of likely N-dealkylation sites (N-methyl/N-ethyl adjacent to an activating group) is 1. The smallest absolute Gasteiger partial charge is 0.137 e. The Morgan fingerprint density at radius 3 is 3.00 bits per heavy atom. The van der Waals surface area contributed by atoms with Crippen molar-refractivity contribution in [3.63, 3.8) is 0 Å². The molecule has 1 aliphatic rings. The lowest BCUT2D eigenvalue weighted by atomic mass is 10.2. The zero-order valence-electron chi connectivity index (χ0n) is 8.56. The van der Waals surface area contributed by atoms with Crippen LogP contribution in [0.15, 0.2) is 28.7 Å². The van der Waals surface area contributed by atoms with Gasteiger partial charge < -0.3 is 9.84 Å². The van der Waals surface area contributed by atoms with E-state index in [0.717, 1.165) is 16.6 Å². The maximum Gasteiger partial charge on any atom is 0.137 e. The minimum Gasteiger partial charge on any atom is -0.394 e. The van der Waals surface area contributed by atoms with Gasteiger partial charge in [-0.1, -0.05) is 28.1 Å². The Bertz CT molecular complexity index is 345. The van der Waals surface area contributed by atoms with Gasteiger partial charge in [-0.05, 0) is 24.7 Å². The van der Waals surface area contributed by atoms with E-state index in [1.807, 2.05) is 31.3 Å². The summed E-state index contributed by atoms with van der Waals surface area (Å²) in [6.07, 6.45) is -0.112. The lowest BCUT2D eigenvalue weighted by Gasteiger charge is -2.18. The number of hydrogen-bond acceptors (Lipinski definition) is 3. The maximum absolute atomic E-state index is 9.04. The summed E-state index contributed by atoms with van der Waals surface area (Å²) in [6.45, 7) is 0.850. The van der Waals surface area contributed by atoms with Gasteiger partial charge in [-0.15, -0.1) is 0 Å². The molecule has 0 bridgehead atoms. The van der Waals surface area contributed by atoms with Crippen LogP contribution in [0.2, 0.25) is 0 Å². The summed E-state index contributed by atoms with van der Waals surface area (Å²) < 4.78 is 6.76. The van der Waals surface area contributed by atoms with E-state index < -0.39 is 0 Å². The van der Waals surface area contributed by atoms with Crippen molar-refractivity contribution in [2.45, 2.75) is 12.3 Å². The molecule has 82 valence electrons. The van der Waals surface area contributed by atoms with E-state index in [-0.39, 0.29) is 18.9 Å². The number of rotatable bonds is 2. The summed E-state index contributed by atoms with van der Waals surface area (Å²) >= 11 is 3.44. The molecule has 15 heavy (non-hydrogen) atoms. The molecule has 1 heterocycles. The first-order valence-electron chi connectivity index (χ1n) is 4.92. The topological polar surface area (TPSA) is 32.7 Å². The van der Waals surface area contributed by atoms with Gasteiger partial charge in [0.2, 0.25) is 0 Å². The number of nitrogens with zero attached hydrogens (tertiary/aromatic N) is 1. The van der Waals surface area contributed by atoms with E-state index in [1.165, 1.54) is 0 Å². The summed E-state index contributed by atoms with van der Waals surface area (Å²) in [6, 6.07) is 8.05. The molecule has 0 saturated carbocycles. The molecule has 2 atom stereocenters. The average molecular weight is 272 g/mol. The van der Waals surface area contributed by atoms with Crippen LogP contribution in [0.5, 0.6) is 0 Å². The first-order valence-corrected chi connectivity index (χ1v) is 5.72. The Kier molecular flexibility index (Phi) is 3.41. The Morgan fingerprint density at radius 1 is 1.60 bits per heavy atom. The molecule has 2 unspecified atom stereocenters. The molecule has 3 nitrogen and oxygen atoms in total. The Hall–Kier alpha value is -0.420. The maximum atomic E-state index is 9.04. The van der Waals surface area contributed by atoms with Crippen molar-refractivity contribution in [1.82, 2.24) is 4.90 Å². The largest absolute Gasteiger partial charge is 0.394 e. The second-order valence-corrected chi connectivity index (χ2v) is 4.70. The number of halogens is 1. The molecule has 4 heteroatoms. The van der Waals surface area contributed by atoms with E-state index >= 15 is 0 Å². The van der Waals surface area contributed by atoms with Crippen molar-refractivity contribution >= 4 is 15.9 Å². The number of ether oxygens (including phenoxy) is 1. The molecular weight excluding hydrogens is 258 g/mol. The first-order chi connectivity index (χ1) is 7.20. The molecule has 0 aromatic heterocycles. The predicted octanol–water partition coefficient (Wildman–Crippen LogP) is 1.77. The molecule has 1 N–H and O–H groups in total. The van der Waals surface area contributed by atoms with Gasteiger partial charge in [0.25, 0.3) is 0 Å². The van der Waals surface area contributed by atoms with Crippen LogP contribution in [0, 0.1) is 0 Å². The van der Waals surface area contributed by atoms with E-state index in [0.29, 0.717) is 0 Å². The number of aliphatic hydroxyl groups excluding tert-OH is 1. The van der Waals surface area contributed by atoms with Crippen molar-refractivity contribution in [3.8, 4) is 0 Å². The average Bonchev–Trinajstić information content (AvgIpc) is 2.60. The third kappa shape index (κ3) is 2.39. The fourth-order valence-corrected chi connectivity index (χ4v) is 2.26. The van der Waals surface area contributed by atoms with Gasteiger partial charge in [0.1, 0.15) is 6.23 Å². The monoisotopic (exact) mass is 271 g/mol. The standard InChI is InChI=1S/C11H14BrNO2/c1-13-6-10(7-14)15-11(13)8-3-2-4-9(12)5-8/h2-5,10-11,14H,6-7H2,1H3. The molecule has 0 aliphatic carbocycles. The number of benzene rings is 1. The molecule has 0 amide bonds. The van der Waals surface area contributed by atoms with Crippen molar-refractivity contribution in [1.29, 1.82) is 0 Å². The summed E-state index contributed by atoms with van der Waals surface area (Å²) in [5, 5.41) is 9.04. The SMILES string of the molecule is CN1CC(CO)OC1c1cccc(Br)c1. The molecule has 1 saturated heterocycles. The van der Waals surface area contributed by atoms with Crippen molar-refractivity contribution in [2.75, 3.05) is 20.2 Å². The highest BCUT2D eigenvalue weighted by molar-refractivity contribution is 9.10. The predicted molar refractivity (Wildman–Crippen MR) is 61.5 cm³/mol. The fourth-order valence-electron chi connectivity index (χ4n) is 1.84. The molecule has 0 spiro atoms. The second-order valence-electron chi connectivity index (χ2n) is 3.79. The zero-order chi connectivity index (χ0) is 10.8. The normalized spacial score (nSPS) is 27.1. The summed E-state index contributed by atoms with van der Waals surface area (Å²) in [4.78, 5) is 2.10. The third-order valence-corrected chi connectivity index (χ3v) is 3.04. The highest BCUT2D eigenvalue weighted by Crippen LogP contribution is 2.29. The molecule has 1 aromatic carbocycles. The van der Waals surface area contributed by atoms with E-state index in [2.05, 4.69) is 20.8 Å². The molecular formula is C11H14BrNO2. The van der Waals surface area contributed by atoms with Crippen molar-refractivity contribution in [3.05, 3.63) is 34.3 Å². The summed E-state index contributed by atoms with van der Waals surface area (Å²) in [5.41, 5.74) is 1.11. The van der Waals surface area contributed by atoms with Gasteiger partial charge >= 0.3 is 0 Å². The Labute approximate surface area is 97.8 Å². The molecule has 0 radical (unpaired) electrons. The number of aliphatic hydroxyl groups is 1. The van der Waals surface area contributed by atoms with Crippen LogP contribution < -0.4 is 0 Å². The lowest BCUT2D eigenvalue weighted by Crippen LogP contribution is -2.20. The fraction of sp³-hybridized carbons (Fsp3) is 0.455. The first kappa shape index (κ1) is 11.1. The Balaban J connectivity index is 2.17. The van der Waals surface area contributed by atoms with Crippen LogP contribution in [-0.4, -0.2) is 36.3 Å². The summed E-state index contributed by atoms with van der Waals surface area (Å²) in [5.74, 6) is 0. The van der Waals surface area contributed by atoms with E-state index in [4.69, 9.17) is 9.84 Å². The third-order valence-electron chi connectivity index (χ3n) is 2.55. The molecule has 2 rings (SSSR count). The van der Waals surface area contributed by atoms with Crippen LogP contribution in [0.25, 0.3) is 0 Å². The number of hydrogen-bond donors (Lipinski definition) is 1. The highest BCUT2D eigenvalue weighted by Gasteiger charge is 2.30. The van der Waals surface area contributed by atoms with Gasteiger partial charge in [0.05, 0.1) is 12.7 Å². The summed E-state index contributed by atoms with van der Waals surface area (Å²) in [7, 11) is 2.00. The van der Waals surface area contributed by atoms with E-state index in [9.17, 15) is 0 Å². The second kappa shape index (κ2) is 4.61. The van der Waals surface area contributed by atoms with Crippen LogP contribution in [0.1, 0.15) is 11.8 Å². The molecule has 1 aromatic rings. The zero-order valence-corrected chi connectivity index (χ0v) is 10.1. The minimum atomic E-state index is -0.0704. The molecule has 1 aliphatic heterocycles. The van der Waals surface area contributed by atoms with Gasteiger partial charge in [-0.3, -0.25) is 4.90 Å². The van der Waals surface area contributed by atoms with Crippen LogP contribution in [-0.2, 0) is 4.74 Å². The van der Waals surface area contributed by atoms with Crippen LogP contribution >= 0.6 is 15.9 Å². The van der Waals surface area contributed by atoms with Crippen LogP contribution in [0.3, 0.4) is 0 Å². The quantitative estimate of drug-likeness (QED) is 0.890. The van der Waals surface area contributed by atoms with E-state index in [1.54, 1.807) is 0 Å². The van der Waals surface area contributed by atoms with Gasteiger partial charge in [0.15, 0.2) is 0 Å². The highest BCUT2D eigenvalue weighted by atomic mass is 79.9. The minimum absolute atomic E-state index is 0.0420.